The van der Waals surface area contributed by atoms with Gasteiger partial charge in [0.15, 0.2) is 0 Å². The van der Waals surface area contributed by atoms with E-state index in [-0.39, 0.29) is 5.82 Å². The predicted molar refractivity (Wildman–Crippen MR) is 88.3 cm³/mol. The molecule has 3 aromatic rings. The molecule has 1 N–H and O–H groups in total. The normalized spacial score (nSPS) is 21.1. The van der Waals surface area contributed by atoms with Gasteiger partial charge in [0.05, 0.1) is 18.0 Å². The summed E-state index contributed by atoms with van der Waals surface area (Å²) < 4.78 is 20.2. The molecule has 4 rings (SSSR count). The molecule has 0 amide bonds. The molecule has 1 fully saturated rings. The van der Waals surface area contributed by atoms with Gasteiger partial charge in [-0.2, -0.15) is 0 Å². The number of nitrogens with zero attached hydrogens (tertiary/aromatic N) is 3. The van der Waals surface area contributed by atoms with Crippen molar-refractivity contribution in [3.8, 4) is 11.3 Å². The predicted octanol–water partition coefficient (Wildman–Crippen LogP) is 3.58. The van der Waals surface area contributed by atoms with Crippen LogP contribution in [0.4, 0.5) is 9.52 Å². The summed E-state index contributed by atoms with van der Waals surface area (Å²) in [7, 11) is 1.77. The number of hydrogen-bond acceptors (Lipinski definition) is 5. The molecule has 1 aliphatic rings. The Balaban J connectivity index is 1.51. The lowest BCUT2D eigenvalue weighted by molar-refractivity contribution is 0.108. The number of ether oxygens (including phenoxy) is 1. The van der Waals surface area contributed by atoms with Crippen LogP contribution in [0.2, 0.25) is 0 Å². The number of imidazole rings is 1. The number of benzene rings is 1. The van der Waals surface area contributed by atoms with E-state index in [1.54, 1.807) is 23.8 Å². The number of aromatic nitrogens is 3. The Labute approximate surface area is 137 Å². The fourth-order valence-electron chi connectivity index (χ4n) is 2.98. The van der Waals surface area contributed by atoms with Crippen LogP contribution >= 0.6 is 11.3 Å². The maximum absolute atomic E-state index is 13.0. The van der Waals surface area contributed by atoms with Crippen LogP contribution in [0.5, 0.6) is 0 Å². The van der Waals surface area contributed by atoms with Gasteiger partial charge in [-0.15, -0.1) is 5.10 Å². The number of hydrogen-bond donors (Lipinski definition) is 1. The molecule has 0 radical (unpaired) electrons. The molecule has 2 unspecified atom stereocenters. The molecule has 1 aromatic carbocycles. The van der Waals surface area contributed by atoms with Crippen LogP contribution in [0.15, 0.2) is 30.5 Å². The number of halogens is 1. The van der Waals surface area contributed by atoms with E-state index in [0.29, 0.717) is 12.1 Å². The van der Waals surface area contributed by atoms with Crippen molar-refractivity contribution in [3.05, 3.63) is 36.3 Å². The first-order valence-electron chi connectivity index (χ1n) is 7.63. The summed E-state index contributed by atoms with van der Waals surface area (Å²) >= 11 is 1.53. The van der Waals surface area contributed by atoms with Crippen molar-refractivity contribution >= 4 is 21.4 Å². The van der Waals surface area contributed by atoms with Crippen molar-refractivity contribution in [2.24, 2.45) is 0 Å². The molecular formula is C16H17FN4OS. The zero-order chi connectivity index (χ0) is 15.8. The minimum absolute atomic E-state index is 0.245. The highest BCUT2D eigenvalue weighted by molar-refractivity contribution is 7.20. The maximum atomic E-state index is 13.0. The first kappa shape index (κ1) is 14.6. The standard InChI is InChI=1S/C16H17FN4OS/c1-22-13-7-6-12(8-13)18-15-20-21-9-14(19-16(21)23-15)10-2-4-11(17)5-3-10/h2-5,9,12-13H,6-8H2,1H3,(H,18,20). The first-order chi connectivity index (χ1) is 11.2. The Kier molecular flexibility index (Phi) is 3.74. The van der Waals surface area contributed by atoms with Gasteiger partial charge < -0.3 is 10.1 Å². The average molecular weight is 332 g/mol. The summed E-state index contributed by atoms with van der Waals surface area (Å²) in [5.74, 6) is -0.245. The molecule has 1 saturated carbocycles. The number of methoxy groups -OCH3 is 1. The van der Waals surface area contributed by atoms with E-state index >= 15 is 0 Å². The van der Waals surface area contributed by atoms with Crippen molar-refractivity contribution in [2.45, 2.75) is 31.4 Å². The largest absolute Gasteiger partial charge is 0.381 e. The number of nitrogens with one attached hydrogen (secondary N) is 1. The Morgan fingerprint density at radius 2 is 2.13 bits per heavy atom. The van der Waals surface area contributed by atoms with Crippen LogP contribution in [-0.2, 0) is 4.74 Å². The average Bonchev–Trinajstić information content (AvgIpc) is 3.22. The Hall–Kier alpha value is -1.99. The molecule has 7 heteroatoms. The van der Waals surface area contributed by atoms with Gasteiger partial charge in [-0.3, -0.25) is 0 Å². The van der Waals surface area contributed by atoms with E-state index in [2.05, 4.69) is 15.4 Å². The SMILES string of the molecule is COC1CCC(Nc2nn3cc(-c4ccc(F)cc4)nc3s2)C1. The monoisotopic (exact) mass is 332 g/mol. The highest BCUT2D eigenvalue weighted by Crippen LogP contribution is 2.28. The zero-order valence-electron chi connectivity index (χ0n) is 12.7. The molecule has 0 spiro atoms. The fourth-order valence-corrected chi connectivity index (χ4v) is 3.84. The van der Waals surface area contributed by atoms with Gasteiger partial charge in [0.25, 0.3) is 0 Å². The van der Waals surface area contributed by atoms with Gasteiger partial charge in [0.2, 0.25) is 10.1 Å². The van der Waals surface area contributed by atoms with Crippen molar-refractivity contribution in [3.63, 3.8) is 0 Å². The van der Waals surface area contributed by atoms with E-state index in [9.17, 15) is 4.39 Å². The van der Waals surface area contributed by atoms with Gasteiger partial charge in [0.1, 0.15) is 5.82 Å². The summed E-state index contributed by atoms with van der Waals surface area (Å²) in [6.07, 6.45) is 5.42. The van der Waals surface area contributed by atoms with Crippen molar-refractivity contribution in [2.75, 3.05) is 12.4 Å². The second-order valence-corrected chi connectivity index (χ2v) is 6.74. The van der Waals surface area contributed by atoms with Crippen LogP contribution in [-0.4, -0.2) is 33.9 Å². The molecular weight excluding hydrogens is 315 g/mol. The van der Waals surface area contributed by atoms with Crippen molar-refractivity contribution in [1.29, 1.82) is 0 Å². The molecule has 2 heterocycles. The lowest BCUT2D eigenvalue weighted by atomic mass is 10.2. The minimum atomic E-state index is -0.245. The van der Waals surface area contributed by atoms with Crippen molar-refractivity contribution in [1.82, 2.24) is 14.6 Å². The minimum Gasteiger partial charge on any atom is -0.381 e. The quantitative estimate of drug-likeness (QED) is 0.793. The van der Waals surface area contributed by atoms with E-state index in [4.69, 9.17) is 4.74 Å². The van der Waals surface area contributed by atoms with Crippen LogP contribution in [0.25, 0.3) is 16.2 Å². The molecule has 120 valence electrons. The lowest BCUT2D eigenvalue weighted by Crippen LogP contribution is -2.17. The Morgan fingerprint density at radius 3 is 2.83 bits per heavy atom. The highest BCUT2D eigenvalue weighted by atomic mass is 32.1. The number of rotatable bonds is 4. The van der Waals surface area contributed by atoms with Gasteiger partial charge in [-0.25, -0.2) is 13.9 Å². The van der Waals surface area contributed by atoms with Crippen LogP contribution in [0, 0.1) is 5.82 Å². The zero-order valence-corrected chi connectivity index (χ0v) is 13.5. The van der Waals surface area contributed by atoms with Crippen LogP contribution in [0.3, 0.4) is 0 Å². The summed E-state index contributed by atoms with van der Waals surface area (Å²) in [5.41, 5.74) is 1.69. The topological polar surface area (TPSA) is 51.5 Å². The summed E-state index contributed by atoms with van der Waals surface area (Å²) in [4.78, 5) is 5.40. The Morgan fingerprint density at radius 1 is 1.30 bits per heavy atom. The number of anilines is 1. The molecule has 0 bridgehead atoms. The Bertz CT molecular complexity index is 782. The summed E-state index contributed by atoms with van der Waals surface area (Å²) in [6, 6.07) is 6.74. The smallest absolute Gasteiger partial charge is 0.214 e. The fraction of sp³-hybridized carbons (Fsp3) is 0.375. The molecule has 2 atom stereocenters. The second-order valence-electron chi connectivity index (χ2n) is 5.78. The third kappa shape index (κ3) is 2.94. The molecule has 0 saturated heterocycles. The number of fused-ring (bicyclic) bond motifs is 1. The van der Waals surface area contributed by atoms with Crippen molar-refractivity contribution < 1.29 is 9.13 Å². The maximum Gasteiger partial charge on any atom is 0.214 e. The van der Waals surface area contributed by atoms with Crippen LogP contribution < -0.4 is 5.32 Å². The first-order valence-corrected chi connectivity index (χ1v) is 8.44. The third-order valence-corrected chi connectivity index (χ3v) is 5.08. The van der Waals surface area contributed by atoms with Gasteiger partial charge in [-0.05, 0) is 43.5 Å². The molecule has 0 aliphatic heterocycles. The lowest BCUT2D eigenvalue weighted by Gasteiger charge is -2.10. The summed E-state index contributed by atoms with van der Waals surface area (Å²) in [5, 5.41) is 8.88. The molecule has 1 aliphatic carbocycles. The third-order valence-electron chi connectivity index (χ3n) is 4.23. The van der Waals surface area contributed by atoms with Gasteiger partial charge in [0, 0.05) is 18.7 Å². The molecule has 2 aromatic heterocycles. The summed E-state index contributed by atoms with van der Waals surface area (Å²) in [6.45, 7) is 0. The van der Waals surface area contributed by atoms with E-state index in [1.165, 1.54) is 23.5 Å². The van der Waals surface area contributed by atoms with E-state index < -0.39 is 0 Å². The van der Waals surface area contributed by atoms with E-state index in [1.807, 2.05) is 6.20 Å². The van der Waals surface area contributed by atoms with Crippen LogP contribution in [0.1, 0.15) is 19.3 Å². The highest BCUT2D eigenvalue weighted by Gasteiger charge is 2.25. The molecule has 23 heavy (non-hydrogen) atoms. The second kappa shape index (κ2) is 5.90. The van der Waals surface area contributed by atoms with Gasteiger partial charge >= 0.3 is 0 Å². The van der Waals surface area contributed by atoms with E-state index in [0.717, 1.165) is 40.6 Å². The molecule has 5 nitrogen and oxygen atoms in total. The van der Waals surface area contributed by atoms with Gasteiger partial charge in [-0.1, -0.05) is 11.3 Å².